The molecule has 5 rings (SSSR count). The van der Waals surface area contributed by atoms with E-state index in [1.165, 1.54) is 11.6 Å². The molecule has 42 heavy (non-hydrogen) atoms. The molecule has 226 valence electrons. The van der Waals surface area contributed by atoms with E-state index in [9.17, 15) is 13.6 Å². The van der Waals surface area contributed by atoms with Crippen molar-refractivity contribution in [2.45, 2.75) is 83.8 Å². The van der Waals surface area contributed by atoms with Crippen LogP contribution in [0.15, 0.2) is 78.7 Å². The summed E-state index contributed by atoms with van der Waals surface area (Å²) in [6, 6.07) is 12.5. The summed E-state index contributed by atoms with van der Waals surface area (Å²) in [5.41, 5.74) is 9.12. The Morgan fingerprint density at radius 1 is 1.12 bits per heavy atom. The predicted molar refractivity (Wildman–Crippen MR) is 165 cm³/mol. The lowest BCUT2D eigenvalue weighted by atomic mass is 9.89. The van der Waals surface area contributed by atoms with Crippen LogP contribution in [0.4, 0.5) is 8.78 Å². The maximum atomic E-state index is 13.6. The van der Waals surface area contributed by atoms with Crippen LogP contribution in [-0.2, 0) is 17.6 Å². The van der Waals surface area contributed by atoms with Crippen molar-refractivity contribution in [2.24, 2.45) is 11.1 Å². The summed E-state index contributed by atoms with van der Waals surface area (Å²) in [6.45, 7) is 11.9. The molecule has 2 heterocycles. The quantitative estimate of drug-likeness (QED) is 0.373. The Hall–Kier alpha value is -3.45. The van der Waals surface area contributed by atoms with Gasteiger partial charge in [0.1, 0.15) is 11.4 Å². The van der Waals surface area contributed by atoms with Crippen LogP contribution >= 0.6 is 0 Å². The lowest BCUT2D eigenvalue weighted by molar-refractivity contribution is -0.118. The summed E-state index contributed by atoms with van der Waals surface area (Å²) in [5.74, 6) is -0.847. The van der Waals surface area contributed by atoms with E-state index in [1.807, 2.05) is 41.5 Å². The lowest BCUT2D eigenvalue weighted by Crippen LogP contribution is -2.39. The Balaban J connectivity index is 0.000000214. The molecule has 0 saturated heterocycles. The van der Waals surface area contributed by atoms with Gasteiger partial charge in [0.15, 0.2) is 11.6 Å². The van der Waals surface area contributed by atoms with Crippen LogP contribution in [-0.4, -0.2) is 35.5 Å². The Morgan fingerprint density at radius 3 is 2.50 bits per heavy atom. The Morgan fingerprint density at radius 2 is 1.83 bits per heavy atom. The number of fused-ring (bicyclic) bond motifs is 1. The first-order valence-corrected chi connectivity index (χ1v) is 15.0. The van der Waals surface area contributed by atoms with Crippen LogP contribution in [0.25, 0.3) is 0 Å². The van der Waals surface area contributed by atoms with Crippen molar-refractivity contribution in [3.05, 3.63) is 101 Å². The molecule has 3 aliphatic rings. The van der Waals surface area contributed by atoms with Crippen LogP contribution < -0.4 is 15.8 Å². The molecule has 2 aromatic rings. The molecule has 1 aliphatic carbocycles. The topological polar surface area (TPSA) is 67.6 Å². The molecule has 1 spiro atoms. The third-order valence-electron chi connectivity index (χ3n) is 7.97. The van der Waals surface area contributed by atoms with Gasteiger partial charge in [-0.05, 0) is 87.1 Å². The van der Waals surface area contributed by atoms with Crippen molar-refractivity contribution in [1.82, 2.24) is 10.2 Å². The van der Waals surface area contributed by atoms with Crippen LogP contribution in [0.1, 0.15) is 70.4 Å². The second-order valence-corrected chi connectivity index (χ2v) is 12.9. The maximum Gasteiger partial charge on any atom is 0.252 e. The number of nitrogens with two attached hydrogens (primary N) is 1. The normalized spacial score (nSPS) is 18.0. The highest BCUT2D eigenvalue weighted by atomic mass is 19.1. The zero-order valence-electron chi connectivity index (χ0n) is 25.2. The largest absolute Gasteiger partial charge is 0.484 e. The molecule has 1 fully saturated rings. The summed E-state index contributed by atoms with van der Waals surface area (Å²) in [5, 5.41) is 3.14. The lowest BCUT2D eigenvalue weighted by Gasteiger charge is -2.35. The molecule has 1 saturated carbocycles. The summed E-state index contributed by atoms with van der Waals surface area (Å²) in [6.07, 6.45) is 13.1. The number of carbonyl (C=O) groups excluding carboxylic acids is 1. The first kappa shape index (κ1) is 31.5. The molecule has 3 N–H and O–H groups in total. The van der Waals surface area contributed by atoms with Gasteiger partial charge in [0, 0.05) is 36.1 Å². The molecule has 2 aromatic carbocycles. The Bertz CT molecular complexity index is 1310. The number of hydrogen-bond acceptors (Lipinski definition) is 4. The number of allylic oxidation sites excluding steroid dienone is 1. The van der Waals surface area contributed by atoms with Crippen LogP contribution in [0.3, 0.4) is 0 Å². The molecule has 1 atom stereocenters. The SMILES string of the molecule is C=C1C=CC(C(=O)N[C@H](CCN)Cc2ccccc2)=CN1CC(C)(C)C.Fc1cc(F)c2c(c1)CCC1(CCCC1)O2. The van der Waals surface area contributed by atoms with Gasteiger partial charge >= 0.3 is 0 Å². The van der Waals surface area contributed by atoms with Crippen molar-refractivity contribution in [1.29, 1.82) is 0 Å². The van der Waals surface area contributed by atoms with E-state index in [4.69, 9.17) is 10.5 Å². The van der Waals surface area contributed by atoms with E-state index >= 15 is 0 Å². The molecule has 0 bridgehead atoms. The fourth-order valence-electron chi connectivity index (χ4n) is 5.88. The van der Waals surface area contributed by atoms with Crippen molar-refractivity contribution in [2.75, 3.05) is 13.1 Å². The van der Waals surface area contributed by atoms with E-state index in [-0.39, 0.29) is 28.7 Å². The van der Waals surface area contributed by atoms with E-state index in [0.29, 0.717) is 17.7 Å². The summed E-state index contributed by atoms with van der Waals surface area (Å²) < 4.78 is 32.5. The smallest absolute Gasteiger partial charge is 0.252 e. The highest BCUT2D eigenvalue weighted by molar-refractivity contribution is 5.96. The van der Waals surface area contributed by atoms with Gasteiger partial charge in [-0.25, -0.2) is 8.78 Å². The van der Waals surface area contributed by atoms with E-state index in [1.54, 1.807) is 0 Å². The number of nitrogens with one attached hydrogen (secondary N) is 1. The number of halogens is 2. The van der Waals surface area contributed by atoms with Crippen molar-refractivity contribution in [3.63, 3.8) is 0 Å². The van der Waals surface area contributed by atoms with Gasteiger partial charge < -0.3 is 20.7 Å². The monoisotopic (exact) mass is 577 g/mol. The van der Waals surface area contributed by atoms with Crippen LogP contribution in [0, 0.1) is 17.0 Å². The van der Waals surface area contributed by atoms with Crippen molar-refractivity contribution < 1.29 is 18.3 Å². The number of benzene rings is 2. The van der Waals surface area contributed by atoms with Gasteiger partial charge in [-0.2, -0.15) is 0 Å². The average molecular weight is 578 g/mol. The zero-order chi connectivity index (χ0) is 30.3. The predicted octanol–water partition coefficient (Wildman–Crippen LogP) is 6.98. The van der Waals surface area contributed by atoms with Gasteiger partial charge in [0.05, 0.1) is 5.57 Å². The third-order valence-corrected chi connectivity index (χ3v) is 7.97. The fourth-order valence-corrected chi connectivity index (χ4v) is 5.88. The zero-order valence-corrected chi connectivity index (χ0v) is 25.2. The molecule has 0 aromatic heterocycles. The summed E-state index contributed by atoms with van der Waals surface area (Å²) in [7, 11) is 0. The molecule has 1 amide bonds. The number of ether oxygens (including phenoxy) is 1. The van der Waals surface area contributed by atoms with Gasteiger partial charge in [0.2, 0.25) is 0 Å². The van der Waals surface area contributed by atoms with Gasteiger partial charge in [-0.1, -0.05) is 57.7 Å². The summed E-state index contributed by atoms with van der Waals surface area (Å²) in [4.78, 5) is 14.8. The molecular weight excluding hydrogens is 532 g/mol. The first-order chi connectivity index (χ1) is 20.0. The highest BCUT2D eigenvalue weighted by Crippen LogP contribution is 2.44. The number of nitrogens with zero attached hydrogens (tertiary/aromatic N) is 1. The van der Waals surface area contributed by atoms with Gasteiger partial charge in [-0.3, -0.25) is 4.79 Å². The minimum Gasteiger partial charge on any atom is -0.484 e. The standard InChI is InChI=1S/C22H31N3O.C13H14F2O/c1-17-10-11-19(15-25(17)16-22(2,3)4)21(26)24-20(12-13-23)14-18-8-6-5-7-9-18;14-10-7-9-3-6-13(4-1-2-5-13)16-12(9)11(15)8-10/h5-11,15,20H,1,12-14,16,23H2,2-4H3,(H,24,26);7-8H,1-6H2/t20-;/m1./s1. The second kappa shape index (κ2) is 13.7. The summed E-state index contributed by atoms with van der Waals surface area (Å²) >= 11 is 0. The van der Waals surface area contributed by atoms with Gasteiger partial charge in [0.25, 0.3) is 5.91 Å². The number of carbonyl (C=O) groups is 1. The Kier molecular flexibility index (Phi) is 10.3. The number of rotatable bonds is 7. The first-order valence-electron chi connectivity index (χ1n) is 15.0. The fraction of sp³-hybridized carbons (Fsp3) is 0.457. The van der Waals surface area contributed by atoms with Crippen molar-refractivity contribution in [3.8, 4) is 5.75 Å². The minimum atomic E-state index is -0.555. The molecular formula is C35H45F2N3O2. The highest BCUT2D eigenvalue weighted by Gasteiger charge is 2.40. The van der Waals surface area contributed by atoms with E-state index in [2.05, 4.69) is 44.8 Å². The van der Waals surface area contributed by atoms with Crippen LogP contribution in [0.2, 0.25) is 0 Å². The van der Waals surface area contributed by atoms with Gasteiger partial charge in [-0.15, -0.1) is 0 Å². The molecule has 7 heteroatoms. The second-order valence-electron chi connectivity index (χ2n) is 12.9. The van der Waals surface area contributed by atoms with Crippen LogP contribution in [0.5, 0.6) is 5.75 Å². The number of amides is 1. The molecule has 5 nitrogen and oxygen atoms in total. The minimum absolute atomic E-state index is 0.0189. The molecule has 2 aliphatic heterocycles. The number of aryl methyl sites for hydroxylation is 1. The third kappa shape index (κ3) is 8.54. The average Bonchev–Trinajstić information content (AvgIpc) is 3.38. The van der Waals surface area contributed by atoms with E-state index in [0.717, 1.165) is 69.7 Å². The molecule has 0 unspecified atom stereocenters. The Labute approximate surface area is 249 Å². The van der Waals surface area contributed by atoms with E-state index < -0.39 is 11.6 Å². The van der Waals surface area contributed by atoms with Crippen molar-refractivity contribution >= 4 is 5.91 Å². The number of hydrogen-bond donors (Lipinski definition) is 2. The maximum absolute atomic E-state index is 13.6. The molecule has 0 radical (unpaired) electrons.